The van der Waals surface area contributed by atoms with Crippen LogP contribution in [0.4, 0.5) is 10.1 Å². The van der Waals surface area contributed by atoms with Crippen LogP contribution in [0.2, 0.25) is 0 Å². The number of aromatic nitrogens is 3. The number of carbonyl (C=O) groups is 1. The molecular formula is C16H17FN5O2S+. The van der Waals surface area contributed by atoms with E-state index in [4.69, 9.17) is 0 Å². The number of amides is 1. The van der Waals surface area contributed by atoms with E-state index in [1.807, 2.05) is 7.05 Å². The minimum Gasteiger partial charge on any atom is -0.324 e. The van der Waals surface area contributed by atoms with E-state index in [2.05, 4.69) is 15.4 Å². The van der Waals surface area contributed by atoms with Gasteiger partial charge in [0, 0.05) is 17.4 Å². The molecule has 0 radical (unpaired) electrons. The van der Waals surface area contributed by atoms with Gasteiger partial charge in [-0.25, -0.2) is 9.37 Å². The highest BCUT2D eigenvalue weighted by Gasteiger charge is 2.15. The zero-order chi connectivity index (χ0) is 18.0. The molecule has 3 aromatic rings. The van der Waals surface area contributed by atoms with Crippen LogP contribution in [0, 0.1) is 12.7 Å². The molecule has 0 aliphatic rings. The lowest BCUT2D eigenvalue weighted by molar-refractivity contribution is -0.885. The van der Waals surface area contributed by atoms with Crippen LogP contribution in [0.3, 0.4) is 0 Å². The summed E-state index contributed by atoms with van der Waals surface area (Å²) in [6.45, 7) is 2.42. The minimum absolute atomic E-state index is 0.188. The zero-order valence-electron chi connectivity index (χ0n) is 13.7. The molecule has 0 spiro atoms. The molecule has 7 nitrogen and oxygen atoms in total. The number of nitrogens with zero attached hydrogens (tertiary/aromatic N) is 3. The van der Waals surface area contributed by atoms with Gasteiger partial charge in [0.1, 0.15) is 12.4 Å². The maximum atomic E-state index is 13.1. The summed E-state index contributed by atoms with van der Waals surface area (Å²) >= 11 is 1.33. The Kier molecular flexibility index (Phi) is 4.86. The van der Waals surface area contributed by atoms with Gasteiger partial charge in [-0.1, -0.05) is 17.4 Å². The van der Waals surface area contributed by atoms with Gasteiger partial charge >= 0.3 is 0 Å². The van der Waals surface area contributed by atoms with Crippen LogP contribution in [-0.4, -0.2) is 34.1 Å². The van der Waals surface area contributed by atoms with Crippen molar-refractivity contribution in [1.29, 1.82) is 0 Å². The van der Waals surface area contributed by atoms with E-state index in [1.165, 1.54) is 40.1 Å². The summed E-state index contributed by atoms with van der Waals surface area (Å²) < 4.78 is 14.4. The number of quaternary nitrogens is 1. The third-order valence-corrected chi connectivity index (χ3v) is 4.35. The number of aryl methyl sites for hydroxylation is 1. The number of halogens is 1. The average Bonchev–Trinajstić information content (AvgIpc) is 2.89. The fraction of sp³-hybridized carbons (Fsp3) is 0.250. The fourth-order valence-electron chi connectivity index (χ4n) is 2.40. The Balaban J connectivity index is 1.64. The van der Waals surface area contributed by atoms with Crippen molar-refractivity contribution < 1.29 is 14.1 Å². The topological polar surface area (TPSA) is 80.8 Å². The molecule has 1 unspecified atom stereocenters. The van der Waals surface area contributed by atoms with Crippen LogP contribution in [0.1, 0.15) is 10.7 Å². The number of nitrogens with one attached hydrogen (secondary N) is 2. The van der Waals surface area contributed by atoms with Crippen molar-refractivity contribution in [1.82, 2.24) is 14.6 Å². The number of benzene rings is 1. The molecule has 0 bridgehead atoms. The van der Waals surface area contributed by atoms with Crippen molar-refractivity contribution in [3.05, 3.63) is 57.2 Å². The van der Waals surface area contributed by atoms with Crippen LogP contribution >= 0.6 is 11.3 Å². The summed E-state index contributed by atoms with van der Waals surface area (Å²) in [7, 11) is 1.85. The van der Waals surface area contributed by atoms with Crippen molar-refractivity contribution >= 4 is 27.9 Å². The highest BCUT2D eigenvalue weighted by molar-refractivity contribution is 7.16. The molecule has 1 atom stereocenters. The van der Waals surface area contributed by atoms with Gasteiger partial charge in [-0.15, -0.1) is 0 Å². The first kappa shape index (κ1) is 17.2. The van der Waals surface area contributed by atoms with Gasteiger partial charge in [0.25, 0.3) is 11.5 Å². The maximum Gasteiger partial charge on any atom is 0.279 e. The molecule has 0 aliphatic heterocycles. The molecule has 0 saturated carbocycles. The molecule has 0 saturated heterocycles. The van der Waals surface area contributed by atoms with E-state index in [0.717, 1.165) is 4.90 Å². The summed E-state index contributed by atoms with van der Waals surface area (Å²) in [5.74, 6) is -0.628. The van der Waals surface area contributed by atoms with Crippen molar-refractivity contribution in [2.24, 2.45) is 0 Å². The van der Waals surface area contributed by atoms with E-state index < -0.39 is 5.82 Å². The van der Waals surface area contributed by atoms with Gasteiger partial charge in [-0.05, 0) is 25.1 Å². The first-order valence-electron chi connectivity index (χ1n) is 7.64. The largest absolute Gasteiger partial charge is 0.324 e. The lowest BCUT2D eigenvalue weighted by atomic mass is 10.3. The summed E-state index contributed by atoms with van der Waals surface area (Å²) in [6, 6.07) is 7.18. The van der Waals surface area contributed by atoms with Crippen LogP contribution in [0.15, 0.2) is 35.1 Å². The van der Waals surface area contributed by atoms with Gasteiger partial charge < -0.3 is 10.2 Å². The van der Waals surface area contributed by atoms with Gasteiger partial charge in [0.15, 0.2) is 11.6 Å². The molecule has 130 valence electrons. The van der Waals surface area contributed by atoms with E-state index >= 15 is 0 Å². The lowest BCUT2D eigenvalue weighted by Crippen LogP contribution is -3.08. The fourth-order valence-corrected chi connectivity index (χ4v) is 3.46. The number of hydrogen-bond donors (Lipinski definition) is 2. The van der Waals surface area contributed by atoms with Gasteiger partial charge in [0.2, 0.25) is 4.96 Å². The van der Waals surface area contributed by atoms with Crippen molar-refractivity contribution in [2.45, 2.75) is 13.5 Å². The monoisotopic (exact) mass is 362 g/mol. The van der Waals surface area contributed by atoms with Gasteiger partial charge in [0.05, 0.1) is 7.05 Å². The smallest absolute Gasteiger partial charge is 0.279 e. The van der Waals surface area contributed by atoms with Crippen LogP contribution in [-0.2, 0) is 11.3 Å². The molecule has 1 aromatic carbocycles. The second kappa shape index (κ2) is 7.08. The summed E-state index contributed by atoms with van der Waals surface area (Å²) in [5, 5.41) is 7.63. The van der Waals surface area contributed by atoms with E-state index in [1.54, 1.807) is 13.0 Å². The quantitative estimate of drug-likeness (QED) is 0.682. The number of hydrogen-bond acceptors (Lipinski definition) is 5. The maximum absolute atomic E-state index is 13.1. The molecule has 2 N–H and O–H groups in total. The first-order chi connectivity index (χ1) is 11.9. The SMILES string of the molecule is Cc1cc(=O)n2nc(C[NH+](C)CC(=O)Nc3cccc(F)c3)sc2n1. The van der Waals surface area contributed by atoms with Crippen LogP contribution in [0.25, 0.3) is 4.96 Å². The molecule has 2 aromatic heterocycles. The first-order valence-corrected chi connectivity index (χ1v) is 8.45. The molecule has 1 amide bonds. The molecule has 25 heavy (non-hydrogen) atoms. The molecule has 3 rings (SSSR count). The van der Waals surface area contributed by atoms with Crippen LogP contribution in [0.5, 0.6) is 0 Å². The van der Waals surface area contributed by atoms with Crippen molar-refractivity contribution in [2.75, 3.05) is 18.9 Å². The molecular weight excluding hydrogens is 345 g/mol. The number of fused-ring (bicyclic) bond motifs is 1. The Morgan fingerprint density at radius 2 is 2.20 bits per heavy atom. The lowest BCUT2D eigenvalue weighted by Gasteiger charge is -2.12. The Hall–Kier alpha value is -2.65. The minimum atomic E-state index is -0.402. The Morgan fingerprint density at radius 3 is 2.96 bits per heavy atom. The zero-order valence-corrected chi connectivity index (χ0v) is 14.6. The van der Waals surface area contributed by atoms with Crippen molar-refractivity contribution in [3.8, 4) is 0 Å². The standard InChI is InChI=1S/C16H16FN5O2S/c1-10-6-15(24)22-16(18-10)25-14(20-22)9-21(2)8-13(23)19-12-5-3-4-11(17)7-12/h3-7H,8-9H2,1-2H3,(H,19,23)/p+1. The highest BCUT2D eigenvalue weighted by atomic mass is 32.1. The normalized spacial score (nSPS) is 12.3. The Labute approximate surface area is 146 Å². The van der Waals surface area contributed by atoms with E-state index in [-0.39, 0.29) is 18.0 Å². The second-order valence-electron chi connectivity index (χ2n) is 5.80. The van der Waals surface area contributed by atoms with Crippen molar-refractivity contribution in [3.63, 3.8) is 0 Å². The number of rotatable bonds is 5. The summed E-state index contributed by atoms with van der Waals surface area (Å²) in [4.78, 5) is 29.6. The third kappa shape index (κ3) is 4.25. The molecule has 2 heterocycles. The number of likely N-dealkylation sites (N-methyl/N-ethyl adjacent to an activating group) is 1. The summed E-state index contributed by atoms with van der Waals surface area (Å²) in [5.41, 5.74) is 0.853. The van der Waals surface area contributed by atoms with E-state index in [9.17, 15) is 14.0 Å². The van der Waals surface area contributed by atoms with Crippen LogP contribution < -0.4 is 15.8 Å². The van der Waals surface area contributed by atoms with Gasteiger partial charge in [-0.3, -0.25) is 9.59 Å². The average molecular weight is 362 g/mol. The van der Waals surface area contributed by atoms with Gasteiger partial charge in [-0.2, -0.15) is 9.61 Å². The summed E-state index contributed by atoms with van der Waals surface area (Å²) in [6.07, 6.45) is 0. The predicted octanol–water partition coefficient (Wildman–Crippen LogP) is 0.252. The third-order valence-electron chi connectivity index (χ3n) is 3.44. The van der Waals surface area contributed by atoms with E-state index in [0.29, 0.717) is 27.9 Å². The Morgan fingerprint density at radius 1 is 1.40 bits per heavy atom. The highest BCUT2D eigenvalue weighted by Crippen LogP contribution is 2.10. The Bertz CT molecular complexity index is 984. The number of carbonyl (C=O) groups excluding carboxylic acids is 1. The number of anilines is 1. The molecule has 9 heteroatoms. The second-order valence-corrected chi connectivity index (χ2v) is 6.84. The molecule has 0 aliphatic carbocycles. The predicted molar refractivity (Wildman–Crippen MR) is 92.4 cm³/mol. The molecule has 0 fully saturated rings.